The highest BCUT2D eigenvalue weighted by molar-refractivity contribution is 5.95. The van der Waals surface area contributed by atoms with E-state index < -0.39 is 11.6 Å². The Bertz CT molecular complexity index is 1010. The molecule has 1 aliphatic heterocycles. The lowest BCUT2D eigenvalue weighted by molar-refractivity contribution is 0.0746. The number of amides is 1. The highest BCUT2D eigenvalue weighted by atomic mass is 19.1. The molecule has 6 nitrogen and oxygen atoms in total. The second kappa shape index (κ2) is 8.22. The SMILES string of the molecule is O=C(c1cncc(Nc2ccc(F)cc2F)c1)N1CCN(c2ccccn2)CC1. The normalized spacial score (nSPS) is 14.0. The van der Waals surface area contributed by atoms with Crippen LogP contribution in [0, 0.1) is 11.6 Å². The molecule has 1 fully saturated rings. The molecule has 1 amide bonds. The number of benzene rings is 1. The second-order valence-electron chi connectivity index (χ2n) is 6.68. The van der Waals surface area contributed by atoms with Crippen molar-refractivity contribution in [3.8, 4) is 0 Å². The standard InChI is InChI=1S/C21H19F2N5O/c22-16-4-5-19(18(23)12-16)26-17-11-15(13-24-14-17)21(29)28-9-7-27(8-10-28)20-3-1-2-6-25-20/h1-6,11-14,26H,7-10H2. The molecule has 3 aromatic rings. The zero-order valence-electron chi connectivity index (χ0n) is 15.6. The van der Waals surface area contributed by atoms with Crippen molar-refractivity contribution in [1.29, 1.82) is 0 Å². The van der Waals surface area contributed by atoms with Crippen LogP contribution in [0.3, 0.4) is 0 Å². The molecule has 4 rings (SSSR count). The highest BCUT2D eigenvalue weighted by Gasteiger charge is 2.23. The van der Waals surface area contributed by atoms with Gasteiger partial charge in [0.2, 0.25) is 0 Å². The third-order valence-electron chi connectivity index (χ3n) is 4.74. The summed E-state index contributed by atoms with van der Waals surface area (Å²) in [6.45, 7) is 2.52. The van der Waals surface area contributed by atoms with Crippen LogP contribution in [0.5, 0.6) is 0 Å². The number of hydrogen-bond acceptors (Lipinski definition) is 5. The number of carbonyl (C=O) groups is 1. The number of aromatic nitrogens is 2. The molecule has 3 heterocycles. The van der Waals surface area contributed by atoms with Crippen LogP contribution in [0.4, 0.5) is 26.0 Å². The van der Waals surface area contributed by atoms with Crippen molar-refractivity contribution >= 4 is 23.1 Å². The minimum atomic E-state index is -0.715. The van der Waals surface area contributed by atoms with Gasteiger partial charge in [-0.15, -0.1) is 0 Å². The average Bonchev–Trinajstić information content (AvgIpc) is 2.76. The van der Waals surface area contributed by atoms with Crippen LogP contribution < -0.4 is 10.2 Å². The van der Waals surface area contributed by atoms with Gasteiger partial charge in [0.1, 0.15) is 17.5 Å². The molecular formula is C21H19F2N5O. The van der Waals surface area contributed by atoms with E-state index in [0.29, 0.717) is 37.4 Å². The van der Waals surface area contributed by atoms with Crippen LogP contribution in [0.1, 0.15) is 10.4 Å². The first-order chi connectivity index (χ1) is 14.1. The maximum Gasteiger partial charge on any atom is 0.255 e. The maximum absolute atomic E-state index is 13.9. The van der Waals surface area contributed by atoms with Crippen molar-refractivity contribution in [3.05, 3.63) is 78.3 Å². The molecule has 0 saturated carbocycles. The lowest BCUT2D eigenvalue weighted by atomic mass is 10.2. The predicted molar refractivity (Wildman–Crippen MR) is 106 cm³/mol. The Morgan fingerprint density at radius 3 is 2.55 bits per heavy atom. The monoisotopic (exact) mass is 395 g/mol. The van der Waals surface area contributed by atoms with E-state index in [2.05, 4.69) is 20.2 Å². The molecule has 0 aliphatic carbocycles. The van der Waals surface area contributed by atoms with E-state index in [-0.39, 0.29) is 11.6 Å². The van der Waals surface area contributed by atoms with Crippen LogP contribution >= 0.6 is 0 Å². The summed E-state index contributed by atoms with van der Waals surface area (Å²) in [7, 11) is 0. The van der Waals surface area contributed by atoms with Gasteiger partial charge in [0.05, 0.1) is 23.1 Å². The maximum atomic E-state index is 13.9. The second-order valence-corrected chi connectivity index (χ2v) is 6.68. The Balaban J connectivity index is 1.42. The van der Waals surface area contributed by atoms with E-state index in [1.54, 1.807) is 17.2 Å². The lowest BCUT2D eigenvalue weighted by Crippen LogP contribution is -2.49. The Hall–Kier alpha value is -3.55. The van der Waals surface area contributed by atoms with Crippen molar-refractivity contribution in [2.75, 3.05) is 36.4 Å². The number of pyridine rings is 2. The fraction of sp³-hybridized carbons (Fsp3) is 0.190. The van der Waals surface area contributed by atoms with Crippen LogP contribution in [0.15, 0.2) is 61.1 Å². The van der Waals surface area contributed by atoms with E-state index in [1.165, 1.54) is 18.5 Å². The summed E-state index contributed by atoms with van der Waals surface area (Å²) in [6.07, 6.45) is 4.72. The molecule has 1 saturated heterocycles. The number of hydrogen-bond donors (Lipinski definition) is 1. The van der Waals surface area contributed by atoms with Gasteiger partial charge >= 0.3 is 0 Å². The van der Waals surface area contributed by atoms with Gasteiger partial charge in [-0.05, 0) is 30.3 Å². The lowest BCUT2D eigenvalue weighted by Gasteiger charge is -2.35. The van der Waals surface area contributed by atoms with Crippen molar-refractivity contribution in [2.45, 2.75) is 0 Å². The van der Waals surface area contributed by atoms with Gasteiger partial charge in [0.25, 0.3) is 5.91 Å². The van der Waals surface area contributed by atoms with E-state index in [4.69, 9.17) is 0 Å². The van der Waals surface area contributed by atoms with Crippen molar-refractivity contribution in [1.82, 2.24) is 14.9 Å². The molecule has 1 N–H and O–H groups in total. The predicted octanol–water partition coefficient (Wildman–Crippen LogP) is 3.46. The largest absolute Gasteiger partial charge is 0.353 e. The summed E-state index contributed by atoms with van der Waals surface area (Å²) in [5.74, 6) is -0.609. The average molecular weight is 395 g/mol. The number of nitrogens with one attached hydrogen (secondary N) is 1. The number of rotatable bonds is 4. The summed E-state index contributed by atoms with van der Waals surface area (Å²) >= 11 is 0. The van der Waals surface area contributed by atoms with Gasteiger partial charge in [0.15, 0.2) is 0 Å². The summed E-state index contributed by atoms with van der Waals surface area (Å²) < 4.78 is 26.9. The molecule has 0 unspecified atom stereocenters. The first-order valence-electron chi connectivity index (χ1n) is 9.22. The van der Waals surface area contributed by atoms with Gasteiger partial charge in [0, 0.05) is 44.6 Å². The zero-order chi connectivity index (χ0) is 20.2. The number of piperazine rings is 1. The van der Waals surface area contributed by atoms with Crippen LogP contribution in [0.25, 0.3) is 0 Å². The highest BCUT2D eigenvalue weighted by Crippen LogP contribution is 2.22. The van der Waals surface area contributed by atoms with E-state index in [0.717, 1.165) is 18.0 Å². The molecule has 148 valence electrons. The number of carbonyl (C=O) groups excluding carboxylic acids is 1. The molecule has 0 radical (unpaired) electrons. The summed E-state index contributed by atoms with van der Waals surface area (Å²) in [5.41, 5.74) is 0.971. The Morgan fingerprint density at radius 1 is 1.00 bits per heavy atom. The minimum absolute atomic E-state index is 0.113. The van der Waals surface area contributed by atoms with E-state index in [9.17, 15) is 13.6 Å². The Morgan fingerprint density at radius 2 is 1.83 bits per heavy atom. The number of anilines is 3. The third kappa shape index (κ3) is 4.31. The quantitative estimate of drug-likeness (QED) is 0.733. The van der Waals surface area contributed by atoms with E-state index in [1.807, 2.05) is 18.2 Å². The molecule has 0 bridgehead atoms. The smallest absolute Gasteiger partial charge is 0.255 e. The van der Waals surface area contributed by atoms with Crippen molar-refractivity contribution in [3.63, 3.8) is 0 Å². The number of halogens is 2. The molecule has 0 spiro atoms. The summed E-state index contributed by atoms with van der Waals surface area (Å²) in [6, 6.07) is 10.6. The molecule has 8 heteroatoms. The van der Waals surface area contributed by atoms with Gasteiger partial charge in [-0.2, -0.15) is 0 Å². The fourth-order valence-electron chi connectivity index (χ4n) is 3.23. The van der Waals surface area contributed by atoms with Crippen LogP contribution in [0.2, 0.25) is 0 Å². The molecule has 2 aromatic heterocycles. The number of nitrogens with zero attached hydrogens (tertiary/aromatic N) is 4. The minimum Gasteiger partial charge on any atom is -0.353 e. The summed E-state index contributed by atoms with van der Waals surface area (Å²) in [4.78, 5) is 25.2. The molecule has 1 aliphatic rings. The first-order valence-corrected chi connectivity index (χ1v) is 9.22. The summed E-state index contributed by atoms with van der Waals surface area (Å²) in [5, 5.41) is 2.83. The molecule has 0 atom stereocenters. The Kier molecular flexibility index (Phi) is 5.33. The third-order valence-corrected chi connectivity index (χ3v) is 4.74. The van der Waals surface area contributed by atoms with E-state index >= 15 is 0 Å². The van der Waals surface area contributed by atoms with Crippen LogP contribution in [-0.2, 0) is 0 Å². The molecule has 29 heavy (non-hydrogen) atoms. The zero-order valence-corrected chi connectivity index (χ0v) is 15.6. The van der Waals surface area contributed by atoms with Crippen LogP contribution in [-0.4, -0.2) is 47.0 Å². The first kappa shape index (κ1) is 18.8. The molecule has 1 aromatic carbocycles. The fourth-order valence-corrected chi connectivity index (χ4v) is 3.23. The van der Waals surface area contributed by atoms with Gasteiger partial charge in [-0.3, -0.25) is 9.78 Å². The van der Waals surface area contributed by atoms with Gasteiger partial charge in [-0.25, -0.2) is 13.8 Å². The van der Waals surface area contributed by atoms with Crippen molar-refractivity contribution < 1.29 is 13.6 Å². The van der Waals surface area contributed by atoms with Crippen molar-refractivity contribution in [2.24, 2.45) is 0 Å². The molecular weight excluding hydrogens is 376 g/mol. The van der Waals surface area contributed by atoms with Gasteiger partial charge in [-0.1, -0.05) is 6.07 Å². The Labute approximate surface area is 166 Å². The topological polar surface area (TPSA) is 61.4 Å². The van der Waals surface area contributed by atoms with Gasteiger partial charge < -0.3 is 15.1 Å².